The number of imidazole rings is 1. The van der Waals surface area contributed by atoms with E-state index in [0.717, 1.165) is 40.3 Å². The number of esters is 1. The highest BCUT2D eigenvalue weighted by Crippen LogP contribution is 2.24. The van der Waals surface area contributed by atoms with E-state index in [1.54, 1.807) is 11.8 Å². The highest BCUT2D eigenvalue weighted by molar-refractivity contribution is 7.99. The molecule has 1 aromatic heterocycles. The first-order valence-electron chi connectivity index (χ1n) is 10.6. The molecule has 0 aliphatic carbocycles. The number of benzene rings is 2. The number of thioether (sulfide) groups is 1. The lowest BCUT2D eigenvalue weighted by atomic mass is 10.1. The van der Waals surface area contributed by atoms with Gasteiger partial charge in [0.05, 0.1) is 23.6 Å². The number of amides is 1. The van der Waals surface area contributed by atoms with Crippen molar-refractivity contribution in [3.05, 3.63) is 60.2 Å². The number of rotatable bonds is 11. The quantitative estimate of drug-likeness (QED) is 0.275. The number of carbonyl (C=O) groups excluding carboxylic acids is 2. The summed E-state index contributed by atoms with van der Waals surface area (Å²) >= 11 is 1.59. The molecule has 0 aliphatic rings. The van der Waals surface area contributed by atoms with Gasteiger partial charge in [0.25, 0.3) is 0 Å². The molecule has 1 N–H and O–H groups in total. The fraction of sp³-hybridized carbons (Fsp3) is 0.375. The molecule has 3 rings (SSSR count). The van der Waals surface area contributed by atoms with Crippen LogP contribution in [0.15, 0.2) is 59.8 Å². The first-order chi connectivity index (χ1) is 15.1. The van der Waals surface area contributed by atoms with Crippen LogP contribution in [-0.4, -0.2) is 39.8 Å². The molecular formula is C24H29N3O3S. The predicted molar refractivity (Wildman–Crippen MR) is 124 cm³/mol. The Bertz CT molecular complexity index is 1000. The second kappa shape index (κ2) is 11.6. The van der Waals surface area contributed by atoms with Crippen molar-refractivity contribution < 1.29 is 14.3 Å². The van der Waals surface area contributed by atoms with Gasteiger partial charge >= 0.3 is 5.97 Å². The van der Waals surface area contributed by atoms with E-state index in [1.165, 1.54) is 0 Å². The van der Waals surface area contributed by atoms with Crippen molar-refractivity contribution in [2.45, 2.75) is 50.9 Å². The molecule has 0 saturated heterocycles. The molecule has 7 heteroatoms. The molecule has 0 radical (unpaired) electrons. The summed E-state index contributed by atoms with van der Waals surface area (Å²) in [5, 5.41) is 3.75. The van der Waals surface area contributed by atoms with Crippen LogP contribution in [0.25, 0.3) is 11.0 Å². The molecule has 2 aromatic carbocycles. The Hall–Kier alpha value is -2.80. The van der Waals surface area contributed by atoms with E-state index in [4.69, 9.17) is 4.74 Å². The largest absolute Gasteiger partial charge is 0.461 e. The van der Waals surface area contributed by atoms with Gasteiger partial charge in [0.2, 0.25) is 5.91 Å². The van der Waals surface area contributed by atoms with Gasteiger partial charge in [-0.15, -0.1) is 0 Å². The summed E-state index contributed by atoms with van der Waals surface area (Å²) in [5.74, 6) is 0.554. The van der Waals surface area contributed by atoms with Crippen molar-refractivity contribution in [1.29, 1.82) is 0 Å². The van der Waals surface area contributed by atoms with Crippen molar-refractivity contribution >= 4 is 34.7 Å². The average molecular weight is 440 g/mol. The number of aromatic nitrogens is 2. The summed E-state index contributed by atoms with van der Waals surface area (Å²) in [5.41, 5.74) is 2.78. The third-order valence-corrected chi connectivity index (χ3v) is 5.96. The fourth-order valence-corrected chi connectivity index (χ4v) is 4.05. The molecule has 1 amide bonds. The molecule has 6 nitrogen and oxygen atoms in total. The predicted octanol–water partition coefficient (Wildman–Crippen LogP) is 4.22. The highest BCUT2D eigenvalue weighted by atomic mass is 32.2. The van der Waals surface area contributed by atoms with Crippen LogP contribution in [0.4, 0.5) is 0 Å². The smallest absolute Gasteiger partial charge is 0.326 e. The van der Waals surface area contributed by atoms with Gasteiger partial charge in [-0.1, -0.05) is 61.2 Å². The van der Waals surface area contributed by atoms with Crippen LogP contribution in [0.2, 0.25) is 0 Å². The van der Waals surface area contributed by atoms with E-state index < -0.39 is 0 Å². The van der Waals surface area contributed by atoms with Gasteiger partial charge in [-0.05, 0) is 37.5 Å². The van der Waals surface area contributed by atoms with Gasteiger partial charge in [0.1, 0.15) is 6.54 Å². The number of fused-ring (bicyclic) bond motifs is 1. The summed E-state index contributed by atoms with van der Waals surface area (Å²) in [6.07, 6.45) is 1.89. The second-order valence-electron chi connectivity index (χ2n) is 7.39. The molecule has 0 fully saturated rings. The number of ether oxygens (including phenoxy) is 1. The van der Waals surface area contributed by atoms with Gasteiger partial charge in [0, 0.05) is 12.3 Å². The molecule has 3 aromatic rings. The zero-order valence-electron chi connectivity index (χ0n) is 18.0. The van der Waals surface area contributed by atoms with Gasteiger partial charge in [-0.25, -0.2) is 4.98 Å². The van der Waals surface area contributed by atoms with Gasteiger partial charge in [0.15, 0.2) is 5.16 Å². The molecule has 31 heavy (non-hydrogen) atoms. The van der Waals surface area contributed by atoms with Crippen molar-refractivity contribution in [3.63, 3.8) is 0 Å². The van der Waals surface area contributed by atoms with Gasteiger partial charge < -0.3 is 14.6 Å². The zero-order chi connectivity index (χ0) is 22.1. The monoisotopic (exact) mass is 439 g/mol. The average Bonchev–Trinajstić information content (AvgIpc) is 3.11. The maximum absolute atomic E-state index is 12.3. The first kappa shape index (κ1) is 22.9. The second-order valence-corrected chi connectivity index (χ2v) is 8.45. The number of hydrogen-bond donors (Lipinski definition) is 1. The van der Waals surface area contributed by atoms with Crippen LogP contribution in [-0.2, 0) is 27.3 Å². The van der Waals surface area contributed by atoms with Crippen LogP contribution in [0.5, 0.6) is 0 Å². The lowest BCUT2D eigenvalue weighted by molar-refractivity contribution is -0.149. The highest BCUT2D eigenvalue weighted by Gasteiger charge is 2.16. The van der Waals surface area contributed by atoms with Crippen molar-refractivity contribution in [1.82, 2.24) is 14.9 Å². The topological polar surface area (TPSA) is 73.2 Å². The number of para-hydroxylation sites is 2. The Labute approximate surface area is 187 Å². The lowest BCUT2D eigenvalue weighted by Crippen LogP contribution is -2.26. The Morgan fingerprint density at radius 3 is 2.65 bits per heavy atom. The van der Waals surface area contributed by atoms with Crippen molar-refractivity contribution in [2.75, 3.05) is 12.3 Å². The third-order valence-electron chi connectivity index (χ3n) is 4.90. The van der Waals surface area contributed by atoms with Crippen LogP contribution >= 0.6 is 11.8 Å². The Morgan fingerprint density at radius 2 is 1.87 bits per heavy atom. The third kappa shape index (κ3) is 6.85. The van der Waals surface area contributed by atoms with Crippen LogP contribution in [0.3, 0.4) is 0 Å². The Kier molecular flexibility index (Phi) is 8.53. The summed E-state index contributed by atoms with van der Waals surface area (Å²) in [6, 6.07) is 17.5. The minimum absolute atomic E-state index is 0.0243. The fourth-order valence-electron chi connectivity index (χ4n) is 3.10. The van der Waals surface area contributed by atoms with Crippen LogP contribution in [0.1, 0.15) is 32.3 Å². The molecule has 0 bridgehead atoms. The van der Waals surface area contributed by atoms with E-state index in [-0.39, 0.29) is 24.5 Å². The minimum Gasteiger partial charge on any atom is -0.461 e. The van der Waals surface area contributed by atoms with Gasteiger partial charge in [-0.2, -0.15) is 0 Å². The number of carbonyl (C=O) groups is 2. The molecule has 0 saturated carbocycles. The van der Waals surface area contributed by atoms with Crippen LogP contribution < -0.4 is 5.32 Å². The van der Waals surface area contributed by atoms with E-state index in [2.05, 4.69) is 10.3 Å². The Morgan fingerprint density at radius 1 is 1.13 bits per heavy atom. The van der Waals surface area contributed by atoms with Crippen LogP contribution in [0, 0.1) is 0 Å². The molecule has 0 spiro atoms. The molecular weight excluding hydrogens is 410 g/mol. The van der Waals surface area contributed by atoms with E-state index in [9.17, 15) is 9.59 Å². The maximum Gasteiger partial charge on any atom is 0.326 e. The number of nitrogens with one attached hydrogen (secondary N) is 1. The van der Waals surface area contributed by atoms with E-state index >= 15 is 0 Å². The molecule has 1 heterocycles. The standard InChI is InChI=1S/C24H29N3O3S/c1-3-18(2)30-23(29)17-27-21-13-8-7-12-20(21)26-24(27)31-15-9-14-25-22(28)16-19-10-5-4-6-11-19/h4-8,10-13,18H,3,9,14-17H2,1-2H3,(H,25,28). The molecule has 1 atom stereocenters. The minimum atomic E-state index is -0.257. The van der Waals surface area contributed by atoms with Gasteiger partial charge in [-0.3, -0.25) is 9.59 Å². The molecule has 164 valence electrons. The molecule has 1 unspecified atom stereocenters. The Balaban J connectivity index is 1.52. The van der Waals surface area contributed by atoms with Crippen molar-refractivity contribution in [2.24, 2.45) is 0 Å². The SMILES string of the molecule is CCC(C)OC(=O)Cn1c(SCCCNC(=O)Cc2ccccc2)nc2ccccc21. The maximum atomic E-state index is 12.3. The number of hydrogen-bond acceptors (Lipinski definition) is 5. The summed E-state index contributed by atoms with van der Waals surface area (Å²) in [7, 11) is 0. The normalized spacial score (nSPS) is 11.9. The molecule has 0 aliphatic heterocycles. The lowest BCUT2D eigenvalue weighted by Gasteiger charge is -2.13. The number of nitrogens with zero attached hydrogens (tertiary/aromatic N) is 2. The summed E-state index contributed by atoms with van der Waals surface area (Å²) in [6.45, 7) is 4.63. The summed E-state index contributed by atoms with van der Waals surface area (Å²) in [4.78, 5) is 29.1. The summed E-state index contributed by atoms with van der Waals surface area (Å²) < 4.78 is 7.37. The first-order valence-corrected chi connectivity index (χ1v) is 11.6. The zero-order valence-corrected chi connectivity index (χ0v) is 18.9. The van der Waals surface area contributed by atoms with E-state index in [1.807, 2.05) is 73.0 Å². The van der Waals surface area contributed by atoms with Crippen molar-refractivity contribution in [3.8, 4) is 0 Å². The van der Waals surface area contributed by atoms with E-state index in [0.29, 0.717) is 13.0 Å².